The van der Waals surface area contributed by atoms with E-state index >= 15 is 0 Å². The van der Waals surface area contributed by atoms with E-state index in [-0.39, 0.29) is 86.8 Å². The molecule has 9 unspecified atom stereocenters. The summed E-state index contributed by atoms with van der Waals surface area (Å²) < 4.78 is 0. The molecule has 0 radical (unpaired) electrons. The second-order valence-electron chi connectivity index (χ2n) is 14.4. The van der Waals surface area contributed by atoms with Crippen LogP contribution >= 0.6 is 109 Å². The Hall–Kier alpha value is 1.84. The Morgan fingerprint density at radius 2 is 1.48 bits per heavy atom. The Morgan fingerprint density at radius 3 is 1.96 bits per heavy atom. The number of rotatable bonds is 16. The molecule has 2 aliphatic heterocycles. The van der Waals surface area contributed by atoms with Crippen molar-refractivity contribution in [2.45, 2.75) is 96.1 Å². The van der Waals surface area contributed by atoms with Gasteiger partial charge in [-0.25, -0.2) is 0 Å². The van der Waals surface area contributed by atoms with Crippen LogP contribution in [-0.4, -0.2) is 46.8 Å². The summed E-state index contributed by atoms with van der Waals surface area (Å²) in [6, 6.07) is 9.47. The van der Waals surface area contributed by atoms with Crippen LogP contribution in [0.5, 0.6) is 0 Å². The maximum Gasteiger partial charge on any atom is 0.223 e. The van der Waals surface area contributed by atoms with Gasteiger partial charge in [-0.15, -0.1) is 80.4 Å². The highest BCUT2D eigenvalue weighted by Crippen LogP contribution is 2.86. The minimum atomic E-state index is -1.36. The summed E-state index contributed by atoms with van der Waals surface area (Å²) >= 11 is 0. The molecule has 12 atom stereocenters. The number of nitrogens with one attached hydrogen (secondary N) is 3. The van der Waals surface area contributed by atoms with Gasteiger partial charge in [0.15, 0.2) is 11.6 Å². The fourth-order valence-electron chi connectivity index (χ4n) is 7.19. The lowest BCUT2D eigenvalue weighted by molar-refractivity contribution is -0.130. The summed E-state index contributed by atoms with van der Waals surface area (Å²) in [5.41, 5.74) is 4.59. The number of hydrogen-bond acceptors (Lipinski definition) is 7. The third-order valence-electron chi connectivity index (χ3n) is 9.40. The number of carbonyl (C=O) groups is 5. The number of carbonyl (C=O) groups excluding carboxylic acids is 5. The molecule has 3 aliphatic rings. The summed E-state index contributed by atoms with van der Waals surface area (Å²) in [7, 11) is 25.2. The zero-order valence-corrected chi connectivity index (χ0v) is 46.8. The largest absolute Gasteiger partial charge is 0.378 e. The first-order chi connectivity index (χ1) is 26.3. The molecule has 316 valence electrons. The second-order valence-corrected chi connectivity index (χ2v) is 50.1. The van der Waals surface area contributed by atoms with E-state index in [2.05, 4.69) is 110 Å². The number of ketones is 3. The minimum Gasteiger partial charge on any atom is -0.378 e. The molecule has 0 saturated heterocycles. The maximum absolute atomic E-state index is 14.4. The van der Waals surface area contributed by atoms with Gasteiger partial charge in [0.05, 0.1) is 6.42 Å². The molecule has 22 heteroatoms. The molecule has 0 spiro atoms. The molecule has 9 nitrogen and oxygen atoms in total. The fraction of sp³-hybridized carbons (Fsp3) is 0.559. The number of primary amides is 1. The highest BCUT2D eigenvalue weighted by molar-refractivity contribution is 8.92. The zero-order valence-electron chi connectivity index (χ0n) is 32.7. The SMILES string of the molecule is CC(=O)C[C@H](C(=O)NCCC[C@]1(CC(C)C)NC=C([C@]2(Cc3ccccc3)NC=C(CC(N)=O)C2=O)C1=O)C1CCCC1.PP(P)P.PP(P)P(P)P.PPP. The first kappa shape index (κ1) is 55.9. The van der Waals surface area contributed by atoms with Crippen LogP contribution in [0.3, 0.4) is 0 Å². The Balaban J connectivity index is 0.00000105. The first-order valence-corrected chi connectivity index (χ1v) is 38.9. The molecule has 2 amide bonds. The van der Waals surface area contributed by atoms with Gasteiger partial charge >= 0.3 is 0 Å². The van der Waals surface area contributed by atoms with Crippen LogP contribution in [0.1, 0.15) is 84.1 Å². The monoisotopic (exact) mass is 1010 g/mol. The predicted octanol–water partition coefficient (Wildman–Crippen LogP) is 9.53. The standard InChI is InChI=1S/C34H46N4O5.H8P6.H6P4.H5P3/c1-22(2)18-33(14-9-15-36-32(43)27(16-23(3)39)25-12-7-8-13-25)31(42)28(21-37-33)34(19-24-10-5-4-6-11-24)30(41)26(20-38-34)17-29(35)40;1-5(2)6(3)4;1-4(2)3;1-3-2/h4-6,10-11,20-22,25,27,37-38H,7-9,12-19H2,1-3H3,(H2,35,40)(H,36,43);1-4H2;1-3H2;3H,1-2H2/t27-,33+,34-;;;/m0.../s1. The van der Waals surface area contributed by atoms with Crippen molar-refractivity contribution < 1.29 is 24.0 Å². The van der Waals surface area contributed by atoms with Gasteiger partial charge in [-0.05, 0) is 77.4 Å². The first-order valence-electron chi connectivity index (χ1n) is 18.2. The molecule has 1 saturated carbocycles. The van der Waals surface area contributed by atoms with Crippen molar-refractivity contribution in [3.63, 3.8) is 0 Å². The van der Waals surface area contributed by atoms with E-state index in [1.165, 1.54) is 13.1 Å². The van der Waals surface area contributed by atoms with Crippen LogP contribution in [-0.2, 0) is 30.4 Å². The number of Topliss-reactive ketones (excluding diaryl/α,β-unsaturated/α-hetero) is 3. The normalized spacial score (nSPS) is 20.9. The van der Waals surface area contributed by atoms with Crippen molar-refractivity contribution in [2.75, 3.05) is 6.54 Å². The lowest BCUT2D eigenvalue weighted by Gasteiger charge is -2.34. The van der Waals surface area contributed by atoms with Crippen LogP contribution in [0.2, 0.25) is 0 Å². The van der Waals surface area contributed by atoms with Crippen molar-refractivity contribution >= 4 is 138 Å². The van der Waals surface area contributed by atoms with Gasteiger partial charge < -0.3 is 26.5 Å². The second kappa shape index (κ2) is 29.3. The molecule has 1 aromatic rings. The molecule has 0 aromatic heterocycles. The van der Waals surface area contributed by atoms with Gasteiger partial charge in [-0.2, -0.15) is 0 Å². The summed E-state index contributed by atoms with van der Waals surface area (Å²) in [6.07, 6.45) is 9.17. The van der Waals surface area contributed by atoms with Crippen LogP contribution in [0.25, 0.3) is 0 Å². The van der Waals surface area contributed by atoms with Crippen molar-refractivity contribution in [2.24, 2.45) is 23.5 Å². The van der Waals surface area contributed by atoms with E-state index in [0.717, 1.165) is 39.2 Å². The maximum atomic E-state index is 14.4. The summed E-state index contributed by atoms with van der Waals surface area (Å²) in [5.74, 6) is -1.03. The third-order valence-corrected chi connectivity index (χ3v) is 30.7. The van der Waals surface area contributed by atoms with Crippen molar-refractivity contribution in [1.82, 2.24) is 16.0 Å². The average Bonchev–Trinajstić information content (AvgIpc) is 3.82. The van der Waals surface area contributed by atoms with Gasteiger partial charge in [0.25, 0.3) is 0 Å². The topological polar surface area (TPSA) is 147 Å². The van der Waals surface area contributed by atoms with E-state index in [4.69, 9.17) is 5.73 Å². The van der Waals surface area contributed by atoms with Gasteiger partial charge in [-0.3, -0.25) is 19.2 Å². The molecule has 5 N–H and O–H groups in total. The van der Waals surface area contributed by atoms with E-state index in [9.17, 15) is 24.0 Å². The lowest BCUT2D eigenvalue weighted by atomic mass is 9.73. The van der Waals surface area contributed by atoms with Crippen molar-refractivity contribution in [1.29, 1.82) is 0 Å². The van der Waals surface area contributed by atoms with Crippen molar-refractivity contribution in [3.05, 3.63) is 59.4 Å². The summed E-state index contributed by atoms with van der Waals surface area (Å²) in [4.78, 5) is 65.0. The van der Waals surface area contributed by atoms with Crippen LogP contribution in [0.4, 0.5) is 0 Å². The smallest absolute Gasteiger partial charge is 0.223 e. The van der Waals surface area contributed by atoms with Crippen LogP contribution in [0.15, 0.2) is 53.9 Å². The van der Waals surface area contributed by atoms with E-state index < -0.39 is 17.0 Å². The molecular formula is C34H65N4O5P13. The quantitative estimate of drug-likeness (QED) is 0.0953. The van der Waals surface area contributed by atoms with E-state index in [1.54, 1.807) is 6.20 Å². The Morgan fingerprint density at radius 1 is 0.929 bits per heavy atom. The third kappa shape index (κ3) is 19.5. The Bertz CT molecular complexity index is 1490. The molecular weight excluding hydrogens is 947 g/mol. The number of amides is 2. The lowest BCUT2D eigenvalue weighted by Crippen LogP contribution is -2.55. The molecule has 4 rings (SSSR count). The highest BCUT2D eigenvalue weighted by atomic mass is 33.0. The van der Waals surface area contributed by atoms with Gasteiger partial charge in [0.1, 0.15) is 16.9 Å². The zero-order chi connectivity index (χ0) is 42.6. The molecule has 2 heterocycles. The molecule has 56 heavy (non-hydrogen) atoms. The molecule has 0 bridgehead atoms. The van der Waals surface area contributed by atoms with Gasteiger partial charge in [-0.1, -0.05) is 65.0 Å². The van der Waals surface area contributed by atoms with Crippen LogP contribution in [0, 0.1) is 17.8 Å². The molecule has 1 aromatic carbocycles. The van der Waals surface area contributed by atoms with Gasteiger partial charge in [0, 0.05) is 48.9 Å². The number of hydrogen-bond donors (Lipinski definition) is 4. The number of benzene rings is 1. The highest BCUT2D eigenvalue weighted by Gasteiger charge is 2.55. The van der Waals surface area contributed by atoms with E-state index in [1.807, 2.05) is 30.3 Å². The fourth-order valence-corrected chi connectivity index (χ4v) is 7.19. The Kier molecular flexibility index (Phi) is 29.2. The average molecular weight is 1010 g/mol. The van der Waals surface area contributed by atoms with Crippen LogP contribution < -0.4 is 21.7 Å². The summed E-state index contributed by atoms with van der Waals surface area (Å²) in [6.45, 7) is 6.49. The van der Waals surface area contributed by atoms with E-state index in [0.29, 0.717) is 31.4 Å². The Labute approximate surface area is 361 Å². The van der Waals surface area contributed by atoms with Crippen molar-refractivity contribution in [3.8, 4) is 0 Å². The predicted molar refractivity (Wildman–Crippen MR) is 281 cm³/mol. The number of nitrogens with two attached hydrogens (primary N) is 1. The minimum absolute atomic E-state index is 0.0234. The molecule has 1 aliphatic carbocycles. The van der Waals surface area contributed by atoms with Gasteiger partial charge in [0.2, 0.25) is 11.8 Å². The molecule has 1 fully saturated rings. The summed E-state index contributed by atoms with van der Waals surface area (Å²) in [5, 5.41) is 9.61.